The van der Waals surface area contributed by atoms with Gasteiger partial charge in [-0.05, 0) is 36.4 Å². The van der Waals surface area contributed by atoms with Crippen molar-refractivity contribution in [3.63, 3.8) is 0 Å². The third kappa shape index (κ3) is 5.68. The summed E-state index contributed by atoms with van der Waals surface area (Å²) in [4.78, 5) is 12.5. The minimum Gasteiger partial charge on any atom is -0.488 e. The molecule has 0 heterocycles. The van der Waals surface area contributed by atoms with Crippen LogP contribution in [-0.4, -0.2) is 18.7 Å². The molecule has 7 heteroatoms. The van der Waals surface area contributed by atoms with Gasteiger partial charge in [0.1, 0.15) is 18.5 Å². The van der Waals surface area contributed by atoms with Crippen LogP contribution in [0.15, 0.2) is 36.4 Å². The SMILES string of the molecule is CC(C)(C)C(COc1ccc(Cl)cc1Cl)OC(=O)c1ccc(Cl)cc1Cl. The first-order chi connectivity index (χ1) is 12.1. The first-order valence-corrected chi connectivity index (χ1v) is 9.33. The fourth-order valence-electron chi connectivity index (χ4n) is 2.07. The quantitative estimate of drug-likeness (QED) is 0.476. The van der Waals surface area contributed by atoms with Crippen LogP contribution < -0.4 is 4.74 Å². The summed E-state index contributed by atoms with van der Waals surface area (Å²) in [5.74, 6) is -0.0803. The molecule has 140 valence electrons. The van der Waals surface area contributed by atoms with Gasteiger partial charge in [-0.25, -0.2) is 4.79 Å². The fraction of sp³-hybridized carbons (Fsp3) is 0.316. The van der Waals surface area contributed by atoms with E-state index >= 15 is 0 Å². The topological polar surface area (TPSA) is 35.5 Å². The van der Waals surface area contributed by atoms with Gasteiger partial charge in [-0.2, -0.15) is 0 Å². The van der Waals surface area contributed by atoms with Crippen LogP contribution in [0.1, 0.15) is 31.1 Å². The standard InChI is InChI=1S/C19H18Cl4O3/c1-19(2,3)17(10-25-16-7-5-12(21)9-15(16)23)26-18(24)13-6-4-11(20)8-14(13)22/h4-9,17H,10H2,1-3H3. The molecule has 3 nitrogen and oxygen atoms in total. The second kappa shape index (κ2) is 8.71. The molecule has 0 aliphatic rings. The van der Waals surface area contributed by atoms with Gasteiger partial charge in [-0.15, -0.1) is 0 Å². The second-order valence-electron chi connectivity index (χ2n) is 6.77. The highest BCUT2D eigenvalue weighted by Crippen LogP contribution is 2.30. The Hall–Kier alpha value is -1.13. The summed E-state index contributed by atoms with van der Waals surface area (Å²) in [5, 5.41) is 1.58. The summed E-state index contributed by atoms with van der Waals surface area (Å²) in [6.45, 7) is 5.96. The molecule has 0 aliphatic heterocycles. The van der Waals surface area contributed by atoms with Gasteiger partial charge in [0.15, 0.2) is 0 Å². The number of hydrogen-bond donors (Lipinski definition) is 0. The Morgan fingerprint density at radius 1 is 0.962 bits per heavy atom. The van der Waals surface area contributed by atoms with Crippen LogP contribution in [0.4, 0.5) is 0 Å². The number of halogens is 4. The van der Waals surface area contributed by atoms with Gasteiger partial charge >= 0.3 is 5.97 Å². The molecule has 0 bridgehead atoms. The summed E-state index contributed by atoms with van der Waals surface area (Å²) < 4.78 is 11.4. The van der Waals surface area contributed by atoms with E-state index in [2.05, 4.69) is 0 Å². The van der Waals surface area contributed by atoms with Crippen LogP contribution in [0.3, 0.4) is 0 Å². The smallest absolute Gasteiger partial charge is 0.340 e. The minimum absolute atomic E-state index is 0.127. The average molecular weight is 436 g/mol. The second-order valence-corrected chi connectivity index (χ2v) is 8.46. The van der Waals surface area contributed by atoms with E-state index < -0.39 is 12.1 Å². The van der Waals surface area contributed by atoms with E-state index in [0.29, 0.717) is 20.8 Å². The molecule has 0 aromatic heterocycles. The lowest BCUT2D eigenvalue weighted by Crippen LogP contribution is -2.37. The summed E-state index contributed by atoms with van der Waals surface area (Å²) in [5.41, 5.74) is -0.122. The molecule has 0 saturated carbocycles. The van der Waals surface area contributed by atoms with Gasteiger partial charge < -0.3 is 9.47 Å². The molecule has 0 amide bonds. The lowest BCUT2D eigenvalue weighted by molar-refractivity contribution is -0.0212. The monoisotopic (exact) mass is 434 g/mol. The summed E-state index contributed by atoms with van der Waals surface area (Å²) in [7, 11) is 0. The molecule has 0 fully saturated rings. The van der Waals surface area contributed by atoms with Gasteiger partial charge in [0, 0.05) is 15.5 Å². The summed E-state index contributed by atoms with van der Waals surface area (Å²) in [6, 6.07) is 9.54. The van der Waals surface area contributed by atoms with Crippen molar-refractivity contribution < 1.29 is 14.3 Å². The van der Waals surface area contributed by atoms with E-state index in [1.807, 2.05) is 20.8 Å². The maximum Gasteiger partial charge on any atom is 0.340 e. The average Bonchev–Trinajstić information content (AvgIpc) is 2.51. The Bertz CT molecular complexity index is 800. The molecular formula is C19H18Cl4O3. The van der Waals surface area contributed by atoms with E-state index in [0.717, 1.165) is 0 Å². The van der Waals surface area contributed by atoms with E-state index in [4.69, 9.17) is 55.9 Å². The van der Waals surface area contributed by atoms with Crippen molar-refractivity contribution >= 4 is 52.4 Å². The molecule has 2 aromatic carbocycles. The highest BCUT2D eigenvalue weighted by Gasteiger charge is 2.30. The zero-order valence-electron chi connectivity index (χ0n) is 14.5. The molecule has 0 aliphatic carbocycles. The van der Waals surface area contributed by atoms with Crippen LogP contribution in [0.25, 0.3) is 0 Å². The Kier molecular flexibility index (Phi) is 7.09. The molecule has 0 spiro atoms. The number of carbonyl (C=O) groups excluding carboxylic acids is 1. The zero-order chi connectivity index (χ0) is 19.5. The van der Waals surface area contributed by atoms with E-state index in [1.54, 1.807) is 24.3 Å². The molecule has 2 aromatic rings. The Morgan fingerprint density at radius 2 is 1.54 bits per heavy atom. The van der Waals surface area contributed by atoms with Gasteiger partial charge in [-0.3, -0.25) is 0 Å². The lowest BCUT2D eigenvalue weighted by atomic mass is 9.89. The van der Waals surface area contributed by atoms with E-state index in [9.17, 15) is 4.79 Å². The maximum absolute atomic E-state index is 12.5. The van der Waals surface area contributed by atoms with Gasteiger partial charge in [-0.1, -0.05) is 67.2 Å². The summed E-state index contributed by atoms with van der Waals surface area (Å²) >= 11 is 24.0. The molecular weight excluding hydrogens is 418 g/mol. The van der Waals surface area contributed by atoms with Crippen molar-refractivity contribution in [2.24, 2.45) is 5.41 Å². The lowest BCUT2D eigenvalue weighted by Gasteiger charge is -2.30. The third-order valence-electron chi connectivity index (χ3n) is 3.65. The molecule has 0 saturated heterocycles. The summed E-state index contributed by atoms with van der Waals surface area (Å²) in [6.07, 6.45) is -0.534. The van der Waals surface area contributed by atoms with Gasteiger partial charge in [0.05, 0.1) is 15.6 Å². The number of rotatable bonds is 5. The zero-order valence-corrected chi connectivity index (χ0v) is 17.5. The highest BCUT2D eigenvalue weighted by atomic mass is 35.5. The number of carbonyl (C=O) groups is 1. The van der Waals surface area contributed by atoms with Crippen LogP contribution in [-0.2, 0) is 4.74 Å². The number of benzene rings is 2. The minimum atomic E-state index is -0.544. The fourth-order valence-corrected chi connectivity index (χ4v) is 3.01. The van der Waals surface area contributed by atoms with Crippen molar-refractivity contribution in [1.29, 1.82) is 0 Å². The van der Waals surface area contributed by atoms with Crippen molar-refractivity contribution in [1.82, 2.24) is 0 Å². The highest BCUT2D eigenvalue weighted by molar-refractivity contribution is 6.36. The third-order valence-corrected chi connectivity index (χ3v) is 4.73. The molecule has 0 N–H and O–H groups in total. The van der Waals surface area contributed by atoms with Crippen LogP contribution in [0, 0.1) is 5.41 Å². The van der Waals surface area contributed by atoms with Crippen LogP contribution >= 0.6 is 46.4 Å². The molecule has 0 radical (unpaired) electrons. The largest absolute Gasteiger partial charge is 0.488 e. The molecule has 1 atom stereocenters. The Labute approximate surface area is 173 Å². The number of ether oxygens (including phenoxy) is 2. The van der Waals surface area contributed by atoms with Crippen molar-refractivity contribution in [3.8, 4) is 5.75 Å². The number of esters is 1. The Morgan fingerprint density at radius 3 is 2.08 bits per heavy atom. The first kappa shape index (κ1) is 21.2. The Balaban J connectivity index is 2.13. The maximum atomic E-state index is 12.5. The van der Waals surface area contributed by atoms with E-state index in [-0.39, 0.29) is 22.6 Å². The molecule has 1 unspecified atom stereocenters. The first-order valence-electron chi connectivity index (χ1n) is 7.82. The predicted octanol–water partition coefficient (Wildman–Crippen LogP) is 6.95. The normalized spacial score (nSPS) is 12.6. The van der Waals surface area contributed by atoms with Crippen molar-refractivity contribution in [3.05, 3.63) is 62.1 Å². The molecule has 2 rings (SSSR count). The van der Waals surface area contributed by atoms with Crippen LogP contribution in [0.5, 0.6) is 5.75 Å². The van der Waals surface area contributed by atoms with Crippen molar-refractivity contribution in [2.45, 2.75) is 26.9 Å². The van der Waals surface area contributed by atoms with E-state index in [1.165, 1.54) is 12.1 Å². The number of hydrogen-bond acceptors (Lipinski definition) is 3. The predicted molar refractivity (Wildman–Crippen MR) is 107 cm³/mol. The van der Waals surface area contributed by atoms with Crippen LogP contribution in [0.2, 0.25) is 20.1 Å². The molecule has 26 heavy (non-hydrogen) atoms. The van der Waals surface area contributed by atoms with Crippen molar-refractivity contribution in [2.75, 3.05) is 6.61 Å². The van der Waals surface area contributed by atoms with Gasteiger partial charge in [0.2, 0.25) is 0 Å². The van der Waals surface area contributed by atoms with Gasteiger partial charge in [0.25, 0.3) is 0 Å².